The van der Waals surface area contributed by atoms with Gasteiger partial charge in [-0.05, 0) is 19.3 Å². The monoisotopic (exact) mass is 297 g/mol. The summed E-state index contributed by atoms with van der Waals surface area (Å²) < 4.78 is 0.919. The summed E-state index contributed by atoms with van der Waals surface area (Å²) in [5.41, 5.74) is 5.36. The van der Waals surface area contributed by atoms with Crippen LogP contribution < -0.4 is 5.73 Å². The van der Waals surface area contributed by atoms with Gasteiger partial charge >= 0.3 is 5.97 Å². The lowest BCUT2D eigenvalue weighted by molar-refractivity contribution is -0.870. The van der Waals surface area contributed by atoms with E-state index in [4.69, 9.17) is 10.8 Å². The summed E-state index contributed by atoms with van der Waals surface area (Å²) in [5.74, 6) is -0.898. The summed E-state index contributed by atoms with van der Waals surface area (Å²) in [6.45, 7) is 1.06. The maximum Gasteiger partial charge on any atom is 0.320 e. The van der Waals surface area contributed by atoms with E-state index in [0.717, 1.165) is 23.9 Å². The van der Waals surface area contributed by atoms with Crippen molar-refractivity contribution in [1.82, 2.24) is 0 Å². The predicted molar refractivity (Wildman–Crippen MR) is 74.1 cm³/mol. The van der Waals surface area contributed by atoms with Gasteiger partial charge in [-0.25, -0.2) is 0 Å². The van der Waals surface area contributed by atoms with Gasteiger partial charge in [0.15, 0.2) is 0 Å². The number of quaternary nitrogens is 1. The van der Waals surface area contributed by atoms with Crippen molar-refractivity contribution >= 4 is 43.2 Å². The third-order valence-corrected chi connectivity index (χ3v) is 1.91. The maximum absolute atomic E-state index is 10.4. The maximum atomic E-state index is 10.4. The number of nitrogens with two attached hydrogens (primary N) is 1. The van der Waals surface area contributed by atoms with E-state index in [1.54, 1.807) is 0 Å². The second-order valence-corrected chi connectivity index (χ2v) is 4.45. The number of halogens is 3. The van der Waals surface area contributed by atoms with Gasteiger partial charge in [0.25, 0.3) is 0 Å². The number of hydrogen-bond donors (Lipinski definition) is 2. The molecular formula is C9H24Cl3N2O2+. The average Bonchev–Trinajstić information content (AvgIpc) is 1.95. The molecule has 0 spiro atoms. The first-order chi connectivity index (χ1) is 5.83. The first-order valence-electron chi connectivity index (χ1n) is 4.62. The molecular weight excluding hydrogens is 274 g/mol. The highest BCUT2D eigenvalue weighted by Crippen LogP contribution is 2.02. The van der Waals surface area contributed by atoms with Crippen LogP contribution in [0.4, 0.5) is 0 Å². The van der Waals surface area contributed by atoms with E-state index in [2.05, 4.69) is 21.1 Å². The van der Waals surface area contributed by atoms with Crippen molar-refractivity contribution in [3.05, 3.63) is 0 Å². The number of carboxylic acids is 1. The number of nitrogens with zero attached hydrogens (tertiary/aromatic N) is 1. The van der Waals surface area contributed by atoms with Crippen molar-refractivity contribution in [2.75, 3.05) is 27.7 Å². The van der Waals surface area contributed by atoms with Gasteiger partial charge in [-0.2, -0.15) is 0 Å². The molecule has 102 valence electrons. The van der Waals surface area contributed by atoms with E-state index < -0.39 is 12.0 Å². The normalized spacial score (nSPS) is 11.5. The molecule has 0 aliphatic rings. The minimum Gasteiger partial charge on any atom is -0.480 e. The highest BCUT2D eigenvalue weighted by atomic mass is 35.5. The Morgan fingerprint density at radius 2 is 1.62 bits per heavy atom. The van der Waals surface area contributed by atoms with Gasteiger partial charge < -0.3 is 15.3 Å². The van der Waals surface area contributed by atoms with Crippen LogP contribution >= 0.6 is 37.2 Å². The second-order valence-electron chi connectivity index (χ2n) is 4.45. The minimum absolute atomic E-state index is 0. The van der Waals surface area contributed by atoms with Crippen molar-refractivity contribution in [3.63, 3.8) is 0 Å². The summed E-state index contributed by atoms with van der Waals surface area (Å²) >= 11 is 0. The molecule has 0 heterocycles. The Hall–Kier alpha value is 0.260. The first kappa shape index (κ1) is 25.2. The van der Waals surface area contributed by atoms with E-state index >= 15 is 0 Å². The molecule has 0 amide bonds. The zero-order chi connectivity index (χ0) is 10.5. The Labute approximate surface area is 116 Å². The molecule has 0 rings (SSSR count). The fourth-order valence-electron chi connectivity index (χ4n) is 1.07. The molecule has 0 aliphatic carbocycles. The lowest BCUT2D eigenvalue weighted by atomic mass is 10.1. The molecule has 0 aliphatic heterocycles. The van der Waals surface area contributed by atoms with E-state index in [9.17, 15) is 4.79 Å². The van der Waals surface area contributed by atoms with Gasteiger partial charge in [0.1, 0.15) is 6.04 Å². The van der Waals surface area contributed by atoms with Crippen molar-refractivity contribution in [1.29, 1.82) is 0 Å². The summed E-state index contributed by atoms with van der Waals surface area (Å²) in [5, 5.41) is 8.51. The predicted octanol–water partition coefficient (Wildman–Crippen LogP) is 1.54. The average molecular weight is 299 g/mol. The van der Waals surface area contributed by atoms with Gasteiger partial charge in [0.2, 0.25) is 0 Å². The van der Waals surface area contributed by atoms with Crippen LogP contribution in [-0.4, -0.2) is 49.3 Å². The lowest BCUT2D eigenvalue weighted by Gasteiger charge is -2.23. The summed E-state index contributed by atoms with van der Waals surface area (Å²) in [7, 11) is 6.37. The van der Waals surface area contributed by atoms with Gasteiger partial charge in [-0.15, -0.1) is 37.2 Å². The van der Waals surface area contributed by atoms with Gasteiger partial charge in [0.05, 0.1) is 27.7 Å². The quantitative estimate of drug-likeness (QED) is 0.577. The van der Waals surface area contributed by atoms with Gasteiger partial charge in [-0.1, -0.05) is 0 Å². The molecule has 1 atom stereocenters. The molecule has 0 fully saturated rings. The van der Waals surface area contributed by atoms with Gasteiger partial charge in [0, 0.05) is 0 Å². The molecule has 0 saturated carbocycles. The summed E-state index contributed by atoms with van der Waals surface area (Å²) in [6.07, 6.45) is 2.50. The largest absolute Gasteiger partial charge is 0.480 e. The number of unbranched alkanes of at least 4 members (excludes halogenated alkanes) is 1. The van der Waals surface area contributed by atoms with Crippen LogP contribution in [0.5, 0.6) is 0 Å². The van der Waals surface area contributed by atoms with Gasteiger partial charge in [-0.3, -0.25) is 4.79 Å². The number of rotatable bonds is 6. The molecule has 4 nitrogen and oxygen atoms in total. The highest BCUT2D eigenvalue weighted by Gasteiger charge is 2.11. The molecule has 3 N–H and O–H groups in total. The zero-order valence-electron chi connectivity index (χ0n) is 10.0. The standard InChI is InChI=1S/C9H20N2O2.3ClH/c1-11(2,3)7-5-4-6-8(10)9(12)13;;;/h8H,4-7,10H2,1-3H3;3*1H/p+1/t8-;;;/m0.../s1. The first-order valence-corrected chi connectivity index (χ1v) is 4.62. The van der Waals surface area contributed by atoms with E-state index in [1.807, 2.05) is 0 Å². The SMILES string of the molecule is C[N+](C)(C)CCCC[C@H](N)C(=O)O.Cl.Cl.Cl. The molecule has 0 radical (unpaired) electrons. The molecule has 0 bridgehead atoms. The smallest absolute Gasteiger partial charge is 0.320 e. The van der Waals surface area contributed by atoms with E-state index in [1.165, 1.54) is 0 Å². The molecule has 7 heteroatoms. The highest BCUT2D eigenvalue weighted by molar-refractivity contribution is 5.86. The van der Waals surface area contributed by atoms with Crippen LogP contribution in [0.15, 0.2) is 0 Å². The van der Waals surface area contributed by atoms with Crippen molar-refractivity contribution in [2.45, 2.75) is 25.3 Å². The third kappa shape index (κ3) is 16.7. The Kier molecular flexibility index (Phi) is 18.5. The summed E-state index contributed by atoms with van der Waals surface area (Å²) in [4.78, 5) is 10.4. The van der Waals surface area contributed by atoms with Crippen LogP contribution in [0, 0.1) is 0 Å². The second kappa shape index (κ2) is 11.7. The molecule has 0 aromatic carbocycles. The fraction of sp³-hybridized carbons (Fsp3) is 0.889. The van der Waals surface area contributed by atoms with Crippen molar-refractivity contribution < 1.29 is 14.4 Å². The third-order valence-electron chi connectivity index (χ3n) is 1.91. The minimum atomic E-state index is -0.898. The summed E-state index contributed by atoms with van der Waals surface area (Å²) in [6, 6.07) is -0.688. The van der Waals surface area contributed by atoms with Crippen molar-refractivity contribution in [2.24, 2.45) is 5.73 Å². The Morgan fingerprint density at radius 1 is 1.19 bits per heavy atom. The van der Waals surface area contributed by atoms with Crippen LogP contribution in [0.25, 0.3) is 0 Å². The zero-order valence-corrected chi connectivity index (χ0v) is 12.5. The molecule has 0 aromatic heterocycles. The molecule has 0 aromatic rings. The van der Waals surface area contributed by atoms with Crippen LogP contribution in [0.2, 0.25) is 0 Å². The fourth-order valence-corrected chi connectivity index (χ4v) is 1.07. The van der Waals surface area contributed by atoms with Crippen molar-refractivity contribution in [3.8, 4) is 0 Å². The Morgan fingerprint density at radius 3 is 1.94 bits per heavy atom. The number of carboxylic acid groups (broad SMARTS) is 1. The lowest BCUT2D eigenvalue weighted by Crippen LogP contribution is -2.35. The van der Waals surface area contributed by atoms with E-state index in [-0.39, 0.29) is 37.2 Å². The Bertz CT molecular complexity index is 175. The number of hydrogen-bond acceptors (Lipinski definition) is 2. The van der Waals surface area contributed by atoms with Crippen LogP contribution in [0.3, 0.4) is 0 Å². The molecule has 16 heavy (non-hydrogen) atoms. The van der Waals surface area contributed by atoms with Crippen LogP contribution in [0.1, 0.15) is 19.3 Å². The number of aliphatic carboxylic acids is 1. The van der Waals surface area contributed by atoms with E-state index in [0.29, 0.717) is 6.42 Å². The Balaban J connectivity index is -0.000000240. The molecule has 0 saturated heterocycles. The topological polar surface area (TPSA) is 63.3 Å². The molecule has 0 unspecified atom stereocenters. The van der Waals surface area contributed by atoms with Crippen LogP contribution in [-0.2, 0) is 4.79 Å². The number of carbonyl (C=O) groups is 1.